The highest BCUT2D eigenvalue weighted by molar-refractivity contribution is 6.10. The summed E-state index contributed by atoms with van der Waals surface area (Å²) in [6.07, 6.45) is -4.38. The molecule has 0 N–H and O–H groups in total. The number of para-hydroxylation sites is 4. The molecule has 2 aromatic heterocycles. The molecule has 0 radical (unpaired) electrons. The third kappa shape index (κ3) is 14.7. The number of fused-ring (bicyclic) bond motifs is 6. The number of hydrogen-bond donors (Lipinski definition) is 0. The van der Waals surface area contributed by atoms with Crippen LogP contribution in [0.5, 0.6) is 0 Å². The van der Waals surface area contributed by atoms with Gasteiger partial charge in [-0.15, -0.1) is 0 Å². The van der Waals surface area contributed by atoms with Crippen LogP contribution in [0.15, 0.2) is 449 Å². The molecule has 0 atom stereocenters. The SMILES string of the molecule is FC(F)(F)c1ccc(-c2ccc(N(c3ccc(-c4ccc(-c5ccccc5)cc4)cc3)c3ccc(-c4cccc(-n5c6ccccc6c6ccccc65)c4)cc3)cc2)cc1.Fc1ccc(-c2ccc(N(c3ccc(-c4ccc(-c5ccccc5)cc4)cc3)c3ccc(-c4cccc(-n5c6ccccc6c6ccccc65)c4)cc3)cc2)cc1. The molecule has 18 aromatic carbocycles. The number of rotatable bonds is 16. The van der Waals surface area contributed by atoms with Gasteiger partial charge in [-0.3, -0.25) is 0 Å². The zero-order chi connectivity index (χ0) is 78.8. The van der Waals surface area contributed by atoms with Gasteiger partial charge in [-0.2, -0.15) is 13.2 Å². The van der Waals surface area contributed by atoms with Gasteiger partial charge in [-0.1, -0.05) is 303 Å². The van der Waals surface area contributed by atoms with E-state index in [0.29, 0.717) is 0 Å². The van der Waals surface area contributed by atoms with Gasteiger partial charge in [-0.05, 0) is 235 Å². The molecule has 0 fully saturated rings. The molecule has 0 saturated carbocycles. The van der Waals surface area contributed by atoms with E-state index in [1.54, 1.807) is 0 Å². The van der Waals surface area contributed by atoms with E-state index in [2.05, 4.69) is 383 Å². The van der Waals surface area contributed by atoms with Gasteiger partial charge in [0.05, 0.1) is 27.6 Å². The Bertz CT molecular complexity index is 6780. The average molecular weight is 1520 g/mol. The Morgan fingerprint density at radius 1 is 0.179 bits per heavy atom. The number of aromatic nitrogens is 2. The molecule has 0 amide bonds. The fraction of sp³-hybridized carbons (Fsp3) is 0.00917. The monoisotopic (exact) mass is 1510 g/mol. The number of benzene rings is 18. The lowest BCUT2D eigenvalue weighted by Crippen LogP contribution is -2.09. The molecular weight excluding hydrogens is 1440 g/mol. The lowest BCUT2D eigenvalue weighted by Gasteiger charge is -2.26. The predicted octanol–water partition coefficient (Wildman–Crippen LogP) is 31.0. The first-order chi connectivity index (χ1) is 57.5. The molecule has 0 aliphatic heterocycles. The second-order valence-corrected chi connectivity index (χ2v) is 29.3. The van der Waals surface area contributed by atoms with Gasteiger partial charge in [0.25, 0.3) is 0 Å². The van der Waals surface area contributed by atoms with Gasteiger partial charge in [0.15, 0.2) is 0 Å². The number of halogens is 4. The second-order valence-electron chi connectivity index (χ2n) is 29.3. The summed E-state index contributed by atoms with van der Waals surface area (Å²) in [7, 11) is 0. The van der Waals surface area contributed by atoms with Crippen molar-refractivity contribution in [1.29, 1.82) is 0 Å². The topological polar surface area (TPSA) is 16.3 Å². The van der Waals surface area contributed by atoms with E-state index in [1.165, 1.54) is 95.7 Å². The van der Waals surface area contributed by atoms with E-state index in [4.69, 9.17) is 0 Å². The van der Waals surface area contributed by atoms with Crippen molar-refractivity contribution in [3.63, 3.8) is 0 Å². The van der Waals surface area contributed by atoms with Gasteiger partial charge >= 0.3 is 6.18 Å². The van der Waals surface area contributed by atoms with E-state index < -0.39 is 11.7 Å². The summed E-state index contributed by atoms with van der Waals surface area (Å²) in [4.78, 5) is 4.49. The third-order valence-corrected chi connectivity index (χ3v) is 22.2. The lowest BCUT2D eigenvalue weighted by atomic mass is 10.00. The Balaban J connectivity index is 0.000000156. The molecule has 117 heavy (non-hydrogen) atoms. The molecule has 4 nitrogen and oxygen atoms in total. The van der Waals surface area contributed by atoms with Crippen molar-refractivity contribution in [3.05, 3.63) is 460 Å². The highest BCUT2D eigenvalue weighted by atomic mass is 19.4. The number of anilines is 6. The van der Waals surface area contributed by atoms with Gasteiger partial charge in [0.2, 0.25) is 0 Å². The van der Waals surface area contributed by atoms with Crippen LogP contribution in [0.3, 0.4) is 0 Å². The van der Waals surface area contributed by atoms with Crippen LogP contribution in [0.2, 0.25) is 0 Å². The fourth-order valence-electron chi connectivity index (χ4n) is 16.2. The maximum atomic E-state index is 13.7. The molecule has 20 rings (SSSR count). The lowest BCUT2D eigenvalue weighted by molar-refractivity contribution is -0.137. The summed E-state index contributed by atoms with van der Waals surface area (Å²) in [6, 6.07) is 153. The minimum Gasteiger partial charge on any atom is -0.311 e. The Morgan fingerprint density at radius 2 is 0.376 bits per heavy atom. The van der Waals surface area contributed by atoms with Gasteiger partial charge < -0.3 is 18.9 Å². The Kier molecular flexibility index (Phi) is 19.4. The van der Waals surface area contributed by atoms with Gasteiger partial charge in [0.1, 0.15) is 5.82 Å². The van der Waals surface area contributed by atoms with Crippen LogP contribution in [0.1, 0.15) is 5.56 Å². The van der Waals surface area contributed by atoms with E-state index in [0.717, 1.165) is 119 Å². The molecule has 2 heterocycles. The summed E-state index contributed by atoms with van der Waals surface area (Å²) in [5.74, 6) is -0.237. The first-order valence-electron chi connectivity index (χ1n) is 39.2. The minimum absolute atomic E-state index is 0.237. The molecular formula is C109H74F4N4. The maximum Gasteiger partial charge on any atom is 0.416 e. The zero-order valence-electron chi connectivity index (χ0n) is 63.5. The van der Waals surface area contributed by atoms with Crippen LogP contribution in [0, 0.1) is 5.82 Å². The molecule has 0 saturated heterocycles. The third-order valence-electron chi connectivity index (χ3n) is 22.2. The molecule has 8 heteroatoms. The zero-order valence-corrected chi connectivity index (χ0v) is 63.5. The smallest absolute Gasteiger partial charge is 0.311 e. The molecule has 0 aliphatic carbocycles. The van der Waals surface area contributed by atoms with Gasteiger partial charge in [-0.25, -0.2) is 4.39 Å². The first-order valence-corrected chi connectivity index (χ1v) is 39.2. The minimum atomic E-state index is -4.38. The van der Waals surface area contributed by atoms with E-state index in [1.807, 2.05) is 48.5 Å². The number of alkyl halides is 3. The molecule has 0 aliphatic rings. The first kappa shape index (κ1) is 72.1. The summed E-state index contributed by atoms with van der Waals surface area (Å²) in [5, 5.41) is 4.96. The van der Waals surface area contributed by atoms with Crippen LogP contribution in [-0.2, 0) is 6.18 Å². The number of nitrogens with zero attached hydrogens (tertiary/aromatic N) is 4. The average Bonchev–Trinajstić information content (AvgIpc) is 1.58. The molecule has 0 bridgehead atoms. The highest BCUT2D eigenvalue weighted by Gasteiger charge is 2.30. The maximum absolute atomic E-state index is 13.7. The molecule has 0 unspecified atom stereocenters. The van der Waals surface area contributed by atoms with Crippen molar-refractivity contribution in [1.82, 2.24) is 9.13 Å². The number of hydrogen-bond acceptors (Lipinski definition) is 2. The Morgan fingerprint density at radius 3 is 0.632 bits per heavy atom. The predicted molar refractivity (Wildman–Crippen MR) is 479 cm³/mol. The largest absolute Gasteiger partial charge is 0.416 e. The standard InChI is InChI=1S/C55H37F3N2.C54H37FN2/c56-55(57,58)46-29-21-41(22-30-46)43-25-33-48(34-26-43)59(47-31-23-42(24-32-47)40-19-17-39(18-20-40)38-9-2-1-3-10-38)49-35-27-44(28-36-49)45-11-8-12-50(37-45)60-53-15-6-4-13-51(53)52-14-5-7-16-54(52)60;55-46-29-21-41(22-30-46)43-25-33-48(34-26-43)56(47-31-23-42(24-32-47)40-19-17-39(18-20-40)38-9-2-1-3-10-38)49-35-27-44(28-36-49)45-11-8-12-50(37-45)57-53-15-6-4-13-51(53)52-14-5-7-16-54(52)57/h1-37H;1-37H. The fourth-order valence-corrected chi connectivity index (χ4v) is 16.2. The van der Waals surface area contributed by atoms with Crippen molar-refractivity contribution in [2.45, 2.75) is 6.18 Å². The summed E-state index contributed by atoms with van der Waals surface area (Å²) in [6.45, 7) is 0. The van der Waals surface area contributed by atoms with Crippen molar-refractivity contribution in [2.24, 2.45) is 0 Å². The van der Waals surface area contributed by atoms with Crippen LogP contribution < -0.4 is 9.80 Å². The van der Waals surface area contributed by atoms with Crippen molar-refractivity contribution in [3.8, 4) is 100 Å². The van der Waals surface area contributed by atoms with Crippen molar-refractivity contribution < 1.29 is 17.6 Å². The van der Waals surface area contributed by atoms with Gasteiger partial charge in [0, 0.05) is 67.0 Å². The summed E-state index contributed by atoms with van der Waals surface area (Å²) >= 11 is 0. The Hall–Kier alpha value is -15.1. The van der Waals surface area contributed by atoms with Crippen LogP contribution in [0.4, 0.5) is 51.7 Å². The highest BCUT2D eigenvalue weighted by Crippen LogP contribution is 2.43. The Labute approximate surface area is 676 Å². The summed E-state index contributed by atoms with van der Waals surface area (Å²) in [5.41, 5.74) is 29.7. The van der Waals surface area contributed by atoms with Crippen LogP contribution >= 0.6 is 0 Å². The quantitative estimate of drug-likeness (QED) is 0.0897. The molecule has 0 spiro atoms. The summed E-state index contributed by atoms with van der Waals surface area (Å²) < 4.78 is 58.2. The van der Waals surface area contributed by atoms with E-state index >= 15 is 0 Å². The normalized spacial score (nSPS) is 11.4. The van der Waals surface area contributed by atoms with Crippen molar-refractivity contribution >= 4 is 77.7 Å². The van der Waals surface area contributed by atoms with E-state index in [-0.39, 0.29) is 5.82 Å². The van der Waals surface area contributed by atoms with E-state index in [9.17, 15) is 17.6 Å². The second kappa shape index (κ2) is 31.5. The van der Waals surface area contributed by atoms with Crippen LogP contribution in [-0.4, -0.2) is 9.13 Å². The van der Waals surface area contributed by atoms with Crippen molar-refractivity contribution in [2.75, 3.05) is 9.80 Å². The van der Waals surface area contributed by atoms with Crippen LogP contribution in [0.25, 0.3) is 144 Å². The molecule has 20 aromatic rings. The molecule has 558 valence electrons.